The number of hydrogen-bond donors (Lipinski definition) is 2. The number of aryl methyl sites for hydroxylation is 1. The van der Waals surface area contributed by atoms with Crippen molar-refractivity contribution < 1.29 is 9.90 Å². The quantitative estimate of drug-likeness (QED) is 0.561. The highest BCUT2D eigenvalue weighted by Crippen LogP contribution is 2.09. The van der Waals surface area contributed by atoms with Crippen LogP contribution < -0.4 is 5.73 Å². The summed E-state index contributed by atoms with van der Waals surface area (Å²) in [4.78, 5) is 10.3. The second-order valence-corrected chi connectivity index (χ2v) is 4.01. The van der Waals surface area contributed by atoms with Gasteiger partial charge in [-0.3, -0.25) is 0 Å². The van der Waals surface area contributed by atoms with Crippen molar-refractivity contribution >= 4 is 12.0 Å². The van der Waals surface area contributed by atoms with Gasteiger partial charge in [0.25, 0.3) is 0 Å². The SMILES string of the molecule is NCCCCCc1ccc(C=CC(=O)O)cc1. The van der Waals surface area contributed by atoms with Gasteiger partial charge >= 0.3 is 5.97 Å². The smallest absolute Gasteiger partial charge is 0.328 e. The third-order valence-corrected chi connectivity index (χ3v) is 2.57. The maximum atomic E-state index is 10.3. The molecule has 0 bridgehead atoms. The predicted octanol–water partition coefficient (Wildman–Crippen LogP) is 2.46. The van der Waals surface area contributed by atoms with Crippen molar-refractivity contribution in [3.63, 3.8) is 0 Å². The van der Waals surface area contributed by atoms with E-state index in [0.29, 0.717) is 0 Å². The van der Waals surface area contributed by atoms with Crippen LogP contribution in [0.15, 0.2) is 30.3 Å². The van der Waals surface area contributed by atoms with Crippen molar-refractivity contribution in [1.29, 1.82) is 0 Å². The summed E-state index contributed by atoms with van der Waals surface area (Å²) < 4.78 is 0. The number of rotatable bonds is 7. The Balaban J connectivity index is 2.42. The van der Waals surface area contributed by atoms with Gasteiger partial charge in [0.15, 0.2) is 0 Å². The van der Waals surface area contributed by atoms with Crippen LogP contribution in [0.5, 0.6) is 0 Å². The lowest BCUT2D eigenvalue weighted by molar-refractivity contribution is -0.131. The molecule has 3 nitrogen and oxygen atoms in total. The molecule has 0 spiro atoms. The zero-order chi connectivity index (χ0) is 12.5. The van der Waals surface area contributed by atoms with Gasteiger partial charge in [0.05, 0.1) is 0 Å². The third-order valence-electron chi connectivity index (χ3n) is 2.57. The summed E-state index contributed by atoms with van der Waals surface area (Å²) >= 11 is 0. The van der Waals surface area contributed by atoms with E-state index in [1.807, 2.05) is 24.3 Å². The molecule has 0 heterocycles. The normalized spacial score (nSPS) is 10.9. The summed E-state index contributed by atoms with van der Waals surface area (Å²) in [7, 11) is 0. The lowest BCUT2D eigenvalue weighted by Gasteiger charge is -2.01. The van der Waals surface area contributed by atoms with Crippen LogP contribution in [0.2, 0.25) is 0 Å². The highest BCUT2D eigenvalue weighted by atomic mass is 16.4. The molecule has 1 aromatic carbocycles. The van der Waals surface area contributed by atoms with Crippen molar-refractivity contribution in [2.24, 2.45) is 5.73 Å². The lowest BCUT2D eigenvalue weighted by Crippen LogP contribution is -1.98. The summed E-state index contributed by atoms with van der Waals surface area (Å²) in [5, 5.41) is 8.50. The van der Waals surface area contributed by atoms with Crippen molar-refractivity contribution in [2.75, 3.05) is 6.54 Å². The van der Waals surface area contributed by atoms with Crippen LogP contribution in [0.1, 0.15) is 30.4 Å². The fourth-order valence-electron chi connectivity index (χ4n) is 1.61. The number of nitrogens with two attached hydrogens (primary N) is 1. The van der Waals surface area contributed by atoms with E-state index in [1.165, 1.54) is 5.56 Å². The van der Waals surface area contributed by atoms with Gasteiger partial charge < -0.3 is 10.8 Å². The Bertz CT molecular complexity index is 368. The van der Waals surface area contributed by atoms with Crippen LogP contribution >= 0.6 is 0 Å². The zero-order valence-electron chi connectivity index (χ0n) is 9.93. The Morgan fingerprint density at radius 2 is 1.88 bits per heavy atom. The number of hydrogen-bond acceptors (Lipinski definition) is 2. The molecule has 3 N–H and O–H groups in total. The van der Waals surface area contributed by atoms with E-state index < -0.39 is 5.97 Å². The molecule has 1 rings (SSSR count). The van der Waals surface area contributed by atoms with Crippen LogP contribution in [0, 0.1) is 0 Å². The lowest BCUT2D eigenvalue weighted by atomic mass is 10.0. The first-order chi connectivity index (χ1) is 8.22. The molecular formula is C14H19NO2. The molecule has 92 valence electrons. The van der Waals surface area contributed by atoms with Crippen LogP contribution in [0.25, 0.3) is 6.08 Å². The molecule has 0 fully saturated rings. The molecule has 0 saturated carbocycles. The van der Waals surface area contributed by atoms with Crippen molar-refractivity contribution in [2.45, 2.75) is 25.7 Å². The highest BCUT2D eigenvalue weighted by molar-refractivity contribution is 5.85. The minimum atomic E-state index is -0.920. The van der Waals surface area contributed by atoms with Crippen molar-refractivity contribution in [3.8, 4) is 0 Å². The van der Waals surface area contributed by atoms with Crippen LogP contribution in [0.3, 0.4) is 0 Å². The molecule has 0 unspecified atom stereocenters. The minimum Gasteiger partial charge on any atom is -0.478 e. The first kappa shape index (κ1) is 13.5. The van der Waals surface area contributed by atoms with Crippen LogP contribution in [-0.2, 0) is 11.2 Å². The van der Waals surface area contributed by atoms with Gasteiger partial charge in [-0.2, -0.15) is 0 Å². The Morgan fingerprint density at radius 3 is 2.47 bits per heavy atom. The molecule has 17 heavy (non-hydrogen) atoms. The Kier molecular flexibility index (Phi) is 6.04. The fraction of sp³-hybridized carbons (Fsp3) is 0.357. The summed E-state index contributed by atoms with van der Waals surface area (Å²) in [5.41, 5.74) is 7.63. The topological polar surface area (TPSA) is 63.3 Å². The molecule has 0 aromatic heterocycles. The largest absolute Gasteiger partial charge is 0.478 e. The number of carbonyl (C=O) groups is 1. The van der Waals surface area contributed by atoms with E-state index in [2.05, 4.69) is 0 Å². The summed E-state index contributed by atoms with van der Waals surface area (Å²) in [6, 6.07) is 7.98. The summed E-state index contributed by atoms with van der Waals surface area (Å²) in [6.45, 7) is 0.763. The van der Waals surface area contributed by atoms with Gasteiger partial charge in [0.1, 0.15) is 0 Å². The molecule has 0 atom stereocenters. The molecule has 3 heteroatoms. The Hall–Kier alpha value is -1.61. The van der Waals surface area contributed by atoms with E-state index in [-0.39, 0.29) is 0 Å². The molecule has 0 aliphatic heterocycles. The molecular weight excluding hydrogens is 214 g/mol. The number of benzene rings is 1. The van der Waals surface area contributed by atoms with Crippen LogP contribution in [0.4, 0.5) is 0 Å². The molecule has 0 aliphatic rings. The monoisotopic (exact) mass is 233 g/mol. The Labute approximate surface area is 102 Å². The first-order valence-corrected chi connectivity index (χ1v) is 5.92. The maximum Gasteiger partial charge on any atom is 0.328 e. The van der Waals surface area contributed by atoms with Gasteiger partial charge in [-0.15, -0.1) is 0 Å². The van der Waals surface area contributed by atoms with E-state index >= 15 is 0 Å². The summed E-state index contributed by atoms with van der Waals surface area (Å²) in [5.74, 6) is -0.920. The molecule has 0 radical (unpaired) electrons. The molecule has 0 amide bonds. The van der Waals surface area contributed by atoms with Gasteiger partial charge in [0, 0.05) is 6.08 Å². The van der Waals surface area contributed by atoms with E-state index in [9.17, 15) is 4.79 Å². The zero-order valence-corrected chi connectivity index (χ0v) is 9.93. The van der Waals surface area contributed by atoms with E-state index in [1.54, 1.807) is 6.08 Å². The first-order valence-electron chi connectivity index (χ1n) is 5.92. The predicted molar refractivity (Wildman–Crippen MR) is 69.7 cm³/mol. The third kappa shape index (κ3) is 5.88. The second kappa shape index (κ2) is 7.63. The number of aliphatic carboxylic acids is 1. The van der Waals surface area contributed by atoms with Crippen molar-refractivity contribution in [1.82, 2.24) is 0 Å². The Morgan fingerprint density at radius 1 is 1.18 bits per heavy atom. The van der Waals surface area contributed by atoms with Gasteiger partial charge in [0.2, 0.25) is 0 Å². The number of carboxylic acid groups (broad SMARTS) is 1. The second-order valence-electron chi connectivity index (χ2n) is 4.01. The van der Waals surface area contributed by atoms with E-state index in [4.69, 9.17) is 10.8 Å². The molecule has 1 aromatic rings. The number of unbranched alkanes of at least 4 members (excludes halogenated alkanes) is 2. The summed E-state index contributed by atoms with van der Waals surface area (Å²) in [6.07, 6.45) is 7.21. The van der Waals surface area contributed by atoms with Crippen molar-refractivity contribution in [3.05, 3.63) is 41.5 Å². The maximum absolute atomic E-state index is 10.3. The average Bonchev–Trinajstić information content (AvgIpc) is 2.33. The fourth-order valence-corrected chi connectivity index (χ4v) is 1.61. The van der Waals surface area contributed by atoms with Gasteiger partial charge in [-0.1, -0.05) is 30.7 Å². The molecule has 0 aliphatic carbocycles. The standard InChI is InChI=1S/C14H19NO2/c15-11-3-1-2-4-12-5-7-13(8-6-12)9-10-14(16)17/h5-10H,1-4,11,15H2,(H,16,17). The minimum absolute atomic E-state index is 0.763. The van der Waals surface area contributed by atoms with Crippen LogP contribution in [-0.4, -0.2) is 17.6 Å². The highest BCUT2D eigenvalue weighted by Gasteiger charge is 1.94. The average molecular weight is 233 g/mol. The number of carboxylic acids is 1. The van der Waals surface area contributed by atoms with Gasteiger partial charge in [-0.05, 0) is 43.0 Å². The van der Waals surface area contributed by atoms with Gasteiger partial charge in [-0.25, -0.2) is 4.79 Å². The van der Waals surface area contributed by atoms with E-state index in [0.717, 1.165) is 43.9 Å². The molecule has 0 saturated heterocycles.